The summed E-state index contributed by atoms with van der Waals surface area (Å²) in [7, 11) is 1.85. The Morgan fingerprint density at radius 2 is 2.17 bits per heavy atom. The standard InChI is InChI=1S/C15H17NO2/c1-16(13-9-10-13)15(18)14-8-3-2-6-12(14)7-4-5-11-17/h2-3,6,8,13,17H,5,9-11H2,1H3. The molecule has 1 aromatic carbocycles. The number of hydrogen-bond acceptors (Lipinski definition) is 2. The molecule has 1 saturated carbocycles. The Labute approximate surface area is 107 Å². The molecule has 1 aliphatic rings. The van der Waals surface area contributed by atoms with Crippen molar-refractivity contribution in [2.75, 3.05) is 13.7 Å². The summed E-state index contributed by atoms with van der Waals surface area (Å²) in [6.07, 6.45) is 2.63. The van der Waals surface area contributed by atoms with Crippen LogP contribution in [0.2, 0.25) is 0 Å². The third-order valence-corrected chi connectivity index (χ3v) is 3.03. The van der Waals surface area contributed by atoms with Gasteiger partial charge >= 0.3 is 0 Å². The molecule has 1 N–H and O–H groups in total. The molecular weight excluding hydrogens is 226 g/mol. The molecule has 94 valence electrons. The van der Waals surface area contributed by atoms with Crippen LogP contribution in [0, 0.1) is 11.8 Å². The molecule has 0 bridgehead atoms. The molecule has 0 radical (unpaired) electrons. The molecule has 18 heavy (non-hydrogen) atoms. The van der Waals surface area contributed by atoms with Crippen LogP contribution in [0.15, 0.2) is 24.3 Å². The van der Waals surface area contributed by atoms with Crippen molar-refractivity contribution in [3.8, 4) is 11.8 Å². The number of hydrogen-bond donors (Lipinski definition) is 1. The fourth-order valence-corrected chi connectivity index (χ4v) is 1.81. The largest absolute Gasteiger partial charge is 0.395 e. The van der Waals surface area contributed by atoms with E-state index in [0.29, 0.717) is 18.0 Å². The fourth-order valence-electron chi connectivity index (χ4n) is 1.81. The lowest BCUT2D eigenvalue weighted by atomic mass is 10.1. The summed E-state index contributed by atoms with van der Waals surface area (Å²) >= 11 is 0. The van der Waals surface area contributed by atoms with Gasteiger partial charge < -0.3 is 10.0 Å². The molecule has 1 fully saturated rings. The zero-order valence-electron chi connectivity index (χ0n) is 10.5. The monoisotopic (exact) mass is 243 g/mol. The van der Waals surface area contributed by atoms with Crippen LogP contribution in [0.5, 0.6) is 0 Å². The van der Waals surface area contributed by atoms with Crippen molar-refractivity contribution in [2.24, 2.45) is 0 Å². The van der Waals surface area contributed by atoms with Gasteiger partial charge in [-0.15, -0.1) is 0 Å². The fraction of sp³-hybridized carbons (Fsp3) is 0.400. The van der Waals surface area contributed by atoms with E-state index in [0.717, 1.165) is 18.4 Å². The molecule has 1 amide bonds. The van der Waals surface area contributed by atoms with E-state index in [9.17, 15) is 4.79 Å². The minimum atomic E-state index is 0.0337. The van der Waals surface area contributed by atoms with E-state index in [4.69, 9.17) is 5.11 Å². The number of aliphatic hydroxyl groups is 1. The van der Waals surface area contributed by atoms with E-state index in [1.807, 2.05) is 31.3 Å². The van der Waals surface area contributed by atoms with E-state index < -0.39 is 0 Å². The van der Waals surface area contributed by atoms with Crippen molar-refractivity contribution in [3.63, 3.8) is 0 Å². The quantitative estimate of drug-likeness (QED) is 0.820. The van der Waals surface area contributed by atoms with E-state index >= 15 is 0 Å². The van der Waals surface area contributed by atoms with Crippen LogP contribution in [0.4, 0.5) is 0 Å². The van der Waals surface area contributed by atoms with Crippen LogP contribution in [0.3, 0.4) is 0 Å². The van der Waals surface area contributed by atoms with Gasteiger partial charge in [0, 0.05) is 25.1 Å². The molecule has 1 aliphatic carbocycles. The highest BCUT2D eigenvalue weighted by Crippen LogP contribution is 2.27. The zero-order valence-corrected chi connectivity index (χ0v) is 10.5. The number of amides is 1. The van der Waals surface area contributed by atoms with E-state index in [-0.39, 0.29) is 12.5 Å². The molecule has 0 heterocycles. The van der Waals surface area contributed by atoms with Crippen molar-refractivity contribution < 1.29 is 9.90 Å². The van der Waals surface area contributed by atoms with Gasteiger partial charge in [0.2, 0.25) is 0 Å². The van der Waals surface area contributed by atoms with Crippen LogP contribution in [-0.2, 0) is 0 Å². The lowest BCUT2D eigenvalue weighted by Gasteiger charge is -2.17. The lowest BCUT2D eigenvalue weighted by Crippen LogP contribution is -2.29. The highest BCUT2D eigenvalue weighted by Gasteiger charge is 2.30. The first-order valence-electron chi connectivity index (χ1n) is 6.20. The van der Waals surface area contributed by atoms with E-state index in [2.05, 4.69) is 11.8 Å². The lowest BCUT2D eigenvalue weighted by molar-refractivity contribution is 0.0785. The average Bonchev–Trinajstić information content (AvgIpc) is 3.22. The second-order valence-electron chi connectivity index (χ2n) is 4.47. The maximum absolute atomic E-state index is 12.3. The number of carbonyl (C=O) groups is 1. The summed E-state index contributed by atoms with van der Waals surface area (Å²) in [4.78, 5) is 14.1. The molecule has 0 aliphatic heterocycles. The molecule has 0 atom stereocenters. The highest BCUT2D eigenvalue weighted by molar-refractivity contribution is 5.96. The van der Waals surface area contributed by atoms with Gasteiger partial charge in [-0.2, -0.15) is 0 Å². The predicted molar refractivity (Wildman–Crippen MR) is 70.1 cm³/mol. The van der Waals surface area contributed by atoms with Gasteiger partial charge in [-0.05, 0) is 25.0 Å². The summed E-state index contributed by atoms with van der Waals surface area (Å²) in [5, 5.41) is 8.71. The van der Waals surface area contributed by atoms with Gasteiger partial charge in [-0.3, -0.25) is 4.79 Å². The van der Waals surface area contributed by atoms with E-state index in [1.54, 1.807) is 4.90 Å². The molecular formula is C15H17NO2. The van der Waals surface area contributed by atoms with Gasteiger partial charge in [-0.1, -0.05) is 24.0 Å². The molecule has 0 unspecified atom stereocenters. The molecule has 2 rings (SSSR count). The van der Waals surface area contributed by atoms with Gasteiger partial charge in [0.25, 0.3) is 5.91 Å². The summed E-state index contributed by atoms with van der Waals surface area (Å²) in [5.74, 6) is 5.85. The molecule has 3 heteroatoms. The second kappa shape index (κ2) is 5.70. The van der Waals surface area contributed by atoms with Crippen molar-refractivity contribution in [2.45, 2.75) is 25.3 Å². The van der Waals surface area contributed by atoms with Gasteiger partial charge in [0.15, 0.2) is 0 Å². The van der Waals surface area contributed by atoms with Crippen molar-refractivity contribution in [3.05, 3.63) is 35.4 Å². The number of rotatable bonds is 3. The summed E-state index contributed by atoms with van der Waals surface area (Å²) in [5.41, 5.74) is 1.39. The SMILES string of the molecule is CN(C(=O)c1ccccc1C#CCCO)C1CC1. The Morgan fingerprint density at radius 3 is 2.83 bits per heavy atom. The van der Waals surface area contributed by atoms with Crippen molar-refractivity contribution in [1.82, 2.24) is 4.90 Å². The van der Waals surface area contributed by atoms with Crippen LogP contribution in [0.25, 0.3) is 0 Å². The number of aliphatic hydroxyl groups excluding tert-OH is 1. The molecule has 3 nitrogen and oxygen atoms in total. The molecule has 0 spiro atoms. The molecule has 0 saturated heterocycles. The molecule has 1 aromatic rings. The van der Waals surface area contributed by atoms with Gasteiger partial charge in [0.05, 0.1) is 12.2 Å². The Hall–Kier alpha value is -1.79. The first kappa shape index (κ1) is 12.7. The Morgan fingerprint density at radius 1 is 1.44 bits per heavy atom. The first-order chi connectivity index (χ1) is 8.74. The maximum atomic E-state index is 12.3. The summed E-state index contributed by atoms with van der Waals surface area (Å²) in [6.45, 7) is 0.0467. The topological polar surface area (TPSA) is 40.5 Å². The van der Waals surface area contributed by atoms with Gasteiger partial charge in [0.1, 0.15) is 0 Å². The van der Waals surface area contributed by atoms with Gasteiger partial charge in [-0.25, -0.2) is 0 Å². The minimum Gasteiger partial charge on any atom is -0.395 e. The van der Waals surface area contributed by atoms with Crippen molar-refractivity contribution >= 4 is 5.91 Å². The van der Waals surface area contributed by atoms with E-state index in [1.165, 1.54) is 0 Å². The number of nitrogens with zero attached hydrogens (tertiary/aromatic N) is 1. The van der Waals surface area contributed by atoms with Crippen LogP contribution < -0.4 is 0 Å². The maximum Gasteiger partial charge on any atom is 0.255 e. The smallest absolute Gasteiger partial charge is 0.255 e. The Kier molecular flexibility index (Phi) is 4.01. The Balaban J connectivity index is 2.21. The minimum absolute atomic E-state index is 0.0337. The number of carbonyl (C=O) groups excluding carboxylic acids is 1. The van der Waals surface area contributed by atoms with Crippen molar-refractivity contribution in [1.29, 1.82) is 0 Å². The third kappa shape index (κ3) is 2.91. The summed E-state index contributed by atoms with van der Waals surface area (Å²) in [6, 6.07) is 7.78. The predicted octanol–water partition coefficient (Wildman–Crippen LogP) is 1.65. The zero-order chi connectivity index (χ0) is 13.0. The molecule has 0 aromatic heterocycles. The highest BCUT2D eigenvalue weighted by atomic mass is 16.2. The van der Waals surface area contributed by atoms with Crippen LogP contribution in [-0.4, -0.2) is 35.6 Å². The normalized spacial score (nSPS) is 13.7. The number of benzene rings is 1. The Bertz CT molecular complexity index is 495. The van der Waals surface area contributed by atoms with Crippen LogP contribution in [0.1, 0.15) is 35.2 Å². The summed E-state index contributed by atoms with van der Waals surface area (Å²) < 4.78 is 0. The first-order valence-corrected chi connectivity index (χ1v) is 6.20. The third-order valence-electron chi connectivity index (χ3n) is 3.03. The van der Waals surface area contributed by atoms with Crippen LogP contribution >= 0.6 is 0 Å². The second-order valence-corrected chi connectivity index (χ2v) is 4.47. The average molecular weight is 243 g/mol.